The van der Waals surface area contributed by atoms with E-state index in [2.05, 4.69) is 25.2 Å². The fourth-order valence-electron chi connectivity index (χ4n) is 2.64. The second kappa shape index (κ2) is 8.68. The third-order valence-electron chi connectivity index (χ3n) is 4.12. The van der Waals surface area contributed by atoms with E-state index in [1.807, 2.05) is 56.7 Å². The van der Waals surface area contributed by atoms with E-state index in [0.29, 0.717) is 16.7 Å². The maximum absolute atomic E-state index is 6.19. The molecule has 0 amide bonds. The van der Waals surface area contributed by atoms with E-state index < -0.39 is 0 Å². The lowest BCUT2D eigenvalue weighted by Crippen LogP contribution is -2.22. The molecule has 0 radical (unpaired) electrons. The third kappa shape index (κ3) is 5.08. The predicted molar refractivity (Wildman–Crippen MR) is 109 cm³/mol. The van der Waals surface area contributed by atoms with Crippen LogP contribution in [0.5, 0.6) is 5.75 Å². The molecule has 0 aliphatic heterocycles. The molecule has 0 saturated carbocycles. The summed E-state index contributed by atoms with van der Waals surface area (Å²) in [6, 6.07) is 11.5. The highest BCUT2D eigenvalue weighted by Gasteiger charge is 2.09. The number of hydrogen-bond acceptors (Lipinski definition) is 6. The van der Waals surface area contributed by atoms with E-state index in [4.69, 9.17) is 16.3 Å². The van der Waals surface area contributed by atoms with Crippen molar-refractivity contribution in [3.63, 3.8) is 0 Å². The molecule has 1 N–H and O–H groups in total. The molecule has 7 heteroatoms. The quantitative estimate of drug-likeness (QED) is 0.657. The van der Waals surface area contributed by atoms with Crippen molar-refractivity contribution in [2.24, 2.45) is 0 Å². The summed E-state index contributed by atoms with van der Waals surface area (Å²) in [5.74, 6) is 2.02. The lowest BCUT2D eigenvalue weighted by Gasteiger charge is -2.19. The van der Waals surface area contributed by atoms with Crippen molar-refractivity contribution < 1.29 is 4.74 Å². The first-order valence-electron chi connectivity index (χ1n) is 8.61. The first-order valence-corrected chi connectivity index (χ1v) is 8.99. The Bertz CT molecular complexity index is 904. The van der Waals surface area contributed by atoms with E-state index in [9.17, 15) is 0 Å². The van der Waals surface area contributed by atoms with Gasteiger partial charge in [0, 0.05) is 43.4 Å². The van der Waals surface area contributed by atoms with Crippen LogP contribution in [0.1, 0.15) is 11.3 Å². The molecule has 0 atom stereocenters. The number of halogens is 1. The van der Waals surface area contributed by atoms with Crippen LogP contribution in [-0.2, 0) is 6.42 Å². The van der Waals surface area contributed by atoms with E-state index in [-0.39, 0.29) is 0 Å². The molecule has 27 heavy (non-hydrogen) atoms. The average Bonchev–Trinajstić information content (AvgIpc) is 2.66. The van der Waals surface area contributed by atoms with Gasteiger partial charge in [-0.1, -0.05) is 11.6 Å². The zero-order chi connectivity index (χ0) is 19.2. The molecule has 2 aromatic heterocycles. The highest BCUT2D eigenvalue weighted by Crippen LogP contribution is 2.28. The summed E-state index contributed by atoms with van der Waals surface area (Å²) in [6.45, 7) is 2.79. The highest BCUT2D eigenvalue weighted by molar-refractivity contribution is 6.32. The Morgan fingerprint density at radius 2 is 1.89 bits per heavy atom. The molecule has 0 spiro atoms. The average molecular weight is 384 g/mol. The molecule has 1 aromatic carbocycles. The molecule has 0 bridgehead atoms. The Labute approximate surface area is 164 Å². The summed E-state index contributed by atoms with van der Waals surface area (Å²) in [5, 5.41) is 3.74. The second-order valence-corrected chi connectivity index (χ2v) is 6.60. The predicted octanol–water partition coefficient (Wildman–Crippen LogP) is 4.26. The SMILES string of the molecule is COc1ccc(Nc2nc(C)cc(N(C)CCc3ccncc3)n2)cc1Cl. The van der Waals surface area contributed by atoms with Crippen LogP contribution in [0.4, 0.5) is 17.5 Å². The maximum Gasteiger partial charge on any atom is 0.229 e. The van der Waals surface area contributed by atoms with Crippen molar-refractivity contribution in [1.82, 2.24) is 15.0 Å². The van der Waals surface area contributed by atoms with E-state index in [0.717, 1.165) is 30.2 Å². The molecule has 3 rings (SSSR count). The third-order valence-corrected chi connectivity index (χ3v) is 4.42. The maximum atomic E-state index is 6.19. The van der Waals surface area contributed by atoms with E-state index >= 15 is 0 Å². The van der Waals surface area contributed by atoms with Crippen LogP contribution in [-0.4, -0.2) is 35.7 Å². The van der Waals surface area contributed by atoms with Crippen molar-refractivity contribution in [2.45, 2.75) is 13.3 Å². The van der Waals surface area contributed by atoms with E-state index in [1.165, 1.54) is 5.56 Å². The van der Waals surface area contributed by atoms with Gasteiger partial charge in [-0.05, 0) is 49.2 Å². The lowest BCUT2D eigenvalue weighted by molar-refractivity contribution is 0.415. The van der Waals surface area contributed by atoms with Gasteiger partial charge in [0.05, 0.1) is 12.1 Å². The number of pyridine rings is 1. The molecule has 0 unspecified atom stereocenters. The lowest BCUT2D eigenvalue weighted by atomic mass is 10.2. The molecule has 3 aromatic rings. The zero-order valence-corrected chi connectivity index (χ0v) is 16.4. The molecular weight excluding hydrogens is 362 g/mol. The molecule has 2 heterocycles. The normalized spacial score (nSPS) is 10.5. The number of nitrogens with one attached hydrogen (secondary N) is 1. The molecular formula is C20H22ClN5O. The summed E-state index contributed by atoms with van der Waals surface area (Å²) >= 11 is 6.19. The fourth-order valence-corrected chi connectivity index (χ4v) is 2.90. The van der Waals surface area contributed by atoms with Crippen LogP contribution < -0.4 is 15.0 Å². The van der Waals surface area contributed by atoms with Gasteiger partial charge < -0.3 is 15.0 Å². The van der Waals surface area contributed by atoms with Gasteiger partial charge in [-0.15, -0.1) is 0 Å². The van der Waals surface area contributed by atoms with Gasteiger partial charge in [0.15, 0.2) is 0 Å². The molecule has 0 fully saturated rings. The summed E-state index contributed by atoms with van der Waals surface area (Å²) in [7, 11) is 3.61. The Hall–Kier alpha value is -2.86. The van der Waals surface area contributed by atoms with Crippen LogP contribution in [0.25, 0.3) is 0 Å². The van der Waals surface area contributed by atoms with Gasteiger partial charge >= 0.3 is 0 Å². The largest absolute Gasteiger partial charge is 0.495 e. The van der Waals surface area contributed by atoms with Crippen molar-refractivity contribution >= 4 is 29.1 Å². The molecule has 140 valence electrons. The number of ether oxygens (including phenoxy) is 1. The van der Waals surface area contributed by atoms with Crippen molar-refractivity contribution in [3.8, 4) is 5.75 Å². The molecule has 0 aliphatic rings. The Morgan fingerprint density at radius 3 is 2.59 bits per heavy atom. The summed E-state index contributed by atoms with van der Waals surface area (Å²) in [4.78, 5) is 15.3. The van der Waals surface area contributed by atoms with Gasteiger partial charge in [0.25, 0.3) is 0 Å². The van der Waals surface area contributed by atoms with E-state index in [1.54, 1.807) is 13.2 Å². The highest BCUT2D eigenvalue weighted by atomic mass is 35.5. The van der Waals surface area contributed by atoms with Gasteiger partial charge in [-0.25, -0.2) is 4.98 Å². The second-order valence-electron chi connectivity index (χ2n) is 6.19. The number of rotatable bonds is 7. The molecule has 0 aliphatic carbocycles. The summed E-state index contributed by atoms with van der Waals surface area (Å²) < 4.78 is 5.18. The van der Waals surface area contributed by atoms with Crippen LogP contribution >= 0.6 is 11.6 Å². The Balaban J connectivity index is 1.72. The minimum absolute atomic E-state index is 0.530. The van der Waals surface area contributed by atoms with Crippen LogP contribution in [0.3, 0.4) is 0 Å². The molecule has 6 nitrogen and oxygen atoms in total. The van der Waals surface area contributed by atoms with Crippen LogP contribution in [0, 0.1) is 6.92 Å². The monoisotopic (exact) mass is 383 g/mol. The number of hydrogen-bond donors (Lipinski definition) is 1. The number of anilines is 3. The molecule has 0 saturated heterocycles. The van der Waals surface area contributed by atoms with Crippen LogP contribution in [0.15, 0.2) is 48.8 Å². The summed E-state index contributed by atoms with van der Waals surface area (Å²) in [5.41, 5.74) is 2.93. The number of likely N-dealkylation sites (N-methyl/N-ethyl adjacent to an activating group) is 1. The topological polar surface area (TPSA) is 63.2 Å². The van der Waals surface area contributed by atoms with Gasteiger partial charge in [-0.3, -0.25) is 4.98 Å². The Morgan fingerprint density at radius 1 is 1.11 bits per heavy atom. The minimum atomic E-state index is 0.530. The van der Waals surface area contributed by atoms with Gasteiger partial charge in [0.1, 0.15) is 11.6 Å². The standard InChI is InChI=1S/C20H22ClN5O/c1-14-12-19(26(2)11-8-15-6-9-22-10-7-15)25-20(23-14)24-16-4-5-18(27-3)17(21)13-16/h4-7,9-10,12-13H,8,11H2,1-3H3,(H,23,24,25). The van der Waals surface area contributed by atoms with Crippen molar-refractivity contribution in [2.75, 3.05) is 30.9 Å². The number of methoxy groups -OCH3 is 1. The first-order chi connectivity index (χ1) is 13.0. The van der Waals surface area contributed by atoms with Crippen LogP contribution in [0.2, 0.25) is 5.02 Å². The number of aryl methyl sites for hydroxylation is 1. The summed E-state index contributed by atoms with van der Waals surface area (Å²) in [6.07, 6.45) is 4.54. The first kappa shape index (κ1) is 18.9. The Kier molecular flexibility index (Phi) is 6.08. The van der Waals surface area contributed by atoms with Crippen molar-refractivity contribution in [1.29, 1.82) is 0 Å². The fraction of sp³-hybridized carbons (Fsp3) is 0.250. The van der Waals surface area contributed by atoms with Gasteiger partial charge in [0.2, 0.25) is 5.95 Å². The zero-order valence-electron chi connectivity index (χ0n) is 15.6. The number of aromatic nitrogens is 3. The number of benzene rings is 1. The number of nitrogens with zero attached hydrogens (tertiary/aromatic N) is 4. The minimum Gasteiger partial charge on any atom is -0.495 e. The van der Waals surface area contributed by atoms with Gasteiger partial charge in [-0.2, -0.15) is 4.98 Å². The smallest absolute Gasteiger partial charge is 0.229 e. The van der Waals surface area contributed by atoms with Crippen molar-refractivity contribution in [3.05, 3.63) is 65.1 Å².